The number of rotatable bonds is 5. The summed E-state index contributed by atoms with van der Waals surface area (Å²) < 4.78 is 53.9. The molecule has 9 atom stereocenters. The molecule has 1 aliphatic heterocycles. The molecule has 5 fully saturated rings. The highest BCUT2D eigenvalue weighted by atomic mass is 79.9. The summed E-state index contributed by atoms with van der Waals surface area (Å²) >= 11 is 3.79. The molecular weight excluding hydrogens is 556 g/mol. The summed E-state index contributed by atoms with van der Waals surface area (Å²) in [7, 11) is -7.41. The lowest BCUT2D eigenvalue weighted by Crippen LogP contribution is -2.66. The van der Waals surface area contributed by atoms with E-state index in [9.17, 15) is 16.8 Å². The summed E-state index contributed by atoms with van der Waals surface area (Å²) in [4.78, 5) is 0.214. The van der Waals surface area contributed by atoms with E-state index in [1.165, 1.54) is 32.1 Å². The van der Waals surface area contributed by atoms with Crippen molar-refractivity contribution in [1.29, 1.82) is 0 Å². The summed E-state index contributed by atoms with van der Waals surface area (Å²) in [5, 5.41) is 0. The Labute approximate surface area is 229 Å². The molecule has 0 aromatic rings. The fourth-order valence-corrected chi connectivity index (χ4v) is 18.3. The van der Waals surface area contributed by atoms with Crippen LogP contribution >= 0.6 is 15.9 Å². The van der Waals surface area contributed by atoms with Gasteiger partial charge in [-0.25, -0.2) is 16.8 Å². The van der Waals surface area contributed by atoms with Gasteiger partial charge in [0.2, 0.25) is 0 Å². The summed E-state index contributed by atoms with van der Waals surface area (Å²) in [6.45, 7) is 11.9. The van der Waals surface area contributed by atoms with Gasteiger partial charge in [0.1, 0.15) is 0 Å². The second kappa shape index (κ2) is 9.21. The zero-order valence-electron chi connectivity index (χ0n) is 23.1. The molecule has 0 N–H and O–H groups in total. The van der Waals surface area contributed by atoms with Crippen LogP contribution in [0.25, 0.3) is 0 Å². The first-order valence-electron chi connectivity index (χ1n) is 14.8. The van der Waals surface area contributed by atoms with Crippen LogP contribution in [0.5, 0.6) is 0 Å². The fraction of sp³-hybridized carbons (Fsp3) is 1.00. The zero-order chi connectivity index (χ0) is 26.3. The quantitative estimate of drug-likeness (QED) is 0.316. The van der Waals surface area contributed by atoms with Crippen molar-refractivity contribution in [2.24, 2.45) is 52.3 Å². The number of fused-ring (bicyclic) bond motifs is 6. The monoisotopic (exact) mass is 604 g/mol. The van der Waals surface area contributed by atoms with Gasteiger partial charge in [0, 0.05) is 4.83 Å². The van der Waals surface area contributed by atoms with Gasteiger partial charge < -0.3 is 0 Å². The first kappa shape index (κ1) is 27.9. The standard InChI is InChI=1S/C29H49BrO4S2/c1-19(2)7-6-8-20(3)23-9-10-24-22-18-29(35(31,32)15-16-36(29,33)34)26-17-21(30)11-13-28(26,5)25(22)12-14-27(23,24)4/h19-26H,6-18H2,1-5H3. The molecule has 5 rings (SSSR count). The molecule has 1 heterocycles. The van der Waals surface area contributed by atoms with Crippen molar-refractivity contribution >= 4 is 35.6 Å². The minimum absolute atomic E-state index is 0.177. The molecule has 1 spiro atoms. The van der Waals surface area contributed by atoms with Gasteiger partial charge in [-0.15, -0.1) is 0 Å². The second-order valence-corrected chi connectivity index (χ2v) is 20.8. The van der Waals surface area contributed by atoms with Crippen LogP contribution in [0.15, 0.2) is 0 Å². The van der Waals surface area contributed by atoms with Crippen molar-refractivity contribution < 1.29 is 16.8 Å². The third-order valence-corrected chi connectivity index (χ3v) is 19.6. The van der Waals surface area contributed by atoms with E-state index in [-0.39, 0.29) is 39.0 Å². The lowest BCUT2D eigenvalue weighted by atomic mass is 9.44. The summed E-state index contributed by atoms with van der Waals surface area (Å²) in [5.41, 5.74) is 0.00151. The van der Waals surface area contributed by atoms with Crippen LogP contribution < -0.4 is 0 Å². The van der Waals surface area contributed by atoms with Crippen molar-refractivity contribution in [2.45, 2.75) is 114 Å². The van der Waals surface area contributed by atoms with E-state index >= 15 is 0 Å². The van der Waals surface area contributed by atoms with Gasteiger partial charge in [0.15, 0.2) is 23.8 Å². The highest BCUT2D eigenvalue weighted by molar-refractivity contribution is 9.09. The van der Waals surface area contributed by atoms with E-state index in [4.69, 9.17) is 0 Å². The minimum Gasteiger partial charge on any atom is -0.227 e. The largest absolute Gasteiger partial charge is 0.227 e. The van der Waals surface area contributed by atoms with Gasteiger partial charge in [-0.05, 0) is 104 Å². The maximum absolute atomic E-state index is 13.9. The van der Waals surface area contributed by atoms with E-state index in [1.807, 2.05) is 0 Å². The third-order valence-electron chi connectivity index (χ3n) is 12.5. The molecule has 0 radical (unpaired) electrons. The summed E-state index contributed by atoms with van der Waals surface area (Å²) in [6, 6.07) is 0. The van der Waals surface area contributed by atoms with E-state index in [0.717, 1.165) is 31.6 Å². The molecule has 0 bridgehead atoms. The topological polar surface area (TPSA) is 68.3 Å². The number of sulfone groups is 2. The molecule has 208 valence electrons. The molecule has 4 aliphatic carbocycles. The van der Waals surface area contributed by atoms with Crippen molar-refractivity contribution in [1.82, 2.24) is 0 Å². The molecule has 7 heteroatoms. The maximum Gasteiger partial charge on any atom is 0.176 e. The number of alkyl halides is 1. The van der Waals surface area contributed by atoms with Crippen LogP contribution in [-0.4, -0.2) is 37.2 Å². The average Bonchev–Trinajstić information content (AvgIpc) is 3.22. The summed E-state index contributed by atoms with van der Waals surface area (Å²) in [6.07, 6.45) is 11.6. The van der Waals surface area contributed by atoms with Crippen molar-refractivity contribution in [3.63, 3.8) is 0 Å². The van der Waals surface area contributed by atoms with Crippen LogP contribution in [0.2, 0.25) is 0 Å². The molecule has 36 heavy (non-hydrogen) atoms. The molecule has 1 saturated heterocycles. The van der Waals surface area contributed by atoms with E-state index in [0.29, 0.717) is 36.5 Å². The molecular formula is C29H49BrO4S2. The van der Waals surface area contributed by atoms with Crippen LogP contribution in [0.3, 0.4) is 0 Å². The predicted octanol–water partition coefficient (Wildman–Crippen LogP) is 7.02. The maximum atomic E-state index is 13.9. The van der Waals surface area contributed by atoms with E-state index < -0.39 is 23.8 Å². The fourth-order valence-electron chi connectivity index (χ4n) is 10.7. The third kappa shape index (κ3) is 3.88. The first-order chi connectivity index (χ1) is 16.7. The lowest BCUT2D eigenvalue weighted by Gasteiger charge is -2.65. The normalized spacial score (nSPS) is 47.3. The second-order valence-electron chi connectivity index (χ2n) is 14.5. The number of hydrogen-bond donors (Lipinski definition) is 0. The number of hydrogen-bond acceptors (Lipinski definition) is 4. The lowest BCUT2D eigenvalue weighted by molar-refractivity contribution is -0.117. The summed E-state index contributed by atoms with van der Waals surface area (Å²) in [5.74, 6) is 2.59. The van der Waals surface area contributed by atoms with Gasteiger partial charge in [-0.1, -0.05) is 69.8 Å². The Balaban J connectivity index is 1.52. The smallest absolute Gasteiger partial charge is 0.176 e. The van der Waals surface area contributed by atoms with Gasteiger partial charge in [0.05, 0.1) is 11.5 Å². The van der Waals surface area contributed by atoms with Crippen molar-refractivity contribution in [3.05, 3.63) is 0 Å². The van der Waals surface area contributed by atoms with E-state index in [2.05, 4.69) is 50.5 Å². The highest BCUT2D eigenvalue weighted by Gasteiger charge is 2.74. The SMILES string of the molecule is CC(C)CCCC(C)C1CCC2C3CC4(C5CC(Br)CCC5(C)C3CCC12C)S(=O)(=O)CCS4(=O)=O. The Kier molecular flexibility index (Phi) is 7.15. The molecule has 0 aromatic heterocycles. The van der Waals surface area contributed by atoms with Gasteiger partial charge in [0.25, 0.3) is 0 Å². The Bertz CT molecular complexity index is 1030. The van der Waals surface area contributed by atoms with Crippen LogP contribution in [0, 0.1) is 52.3 Å². The number of halogens is 1. The molecule has 0 amide bonds. The molecule has 5 aliphatic rings. The Morgan fingerprint density at radius 3 is 2.08 bits per heavy atom. The van der Waals surface area contributed by atoms with Crippen LogP contribution in [0.4, 0.5) is 0 Å². The zero-order valence-corrected chi connectivity index (χ0v) is 26.4. The highest BCUT2D eigenvalue weighted by Crippen LogP contribution is 2.72. The Hall–Kier alpha value is 0.380. The first-order valence-corrected chi connectivity index (χ1v) is 19.0. The Morgan fingerprint density at radius 1 is 0.833 bits per heavy atom. The molecule has 4 nitrogen and oxygen atoms in total. The van der Waals surface area contributed by atoms with Crippen molar-refractivity contribution in [2.75, 3.05) is 11.5 Å². The van der Waals surface area contributed by atoms with Gasteiger partial charge in [-0.3, -0.25) is 0 Å². The minimum atomic E-state index is -3.71. The van der Waals surface area contributed by atoms with Gasteiger partial charge >= 0.3 is 0 Å². The Morgan fingerprint density at radius 2 is 1.44 bits per heavy atom. The van der Waals surface area contributed by atoms with Gasteiger partial charge in [-0.2, -0.15) is 0 Å². The molecule has 9 unspecified atom stereocenters. The van der Waals surface area contributed by atoms with Crippen molar-refractivity contribution in [3.8, 4) is 0 Å². The molecule has 4 saturated carbocycles. The van der Waals surface area contributed by atoms with E-state index in [1.54, 1.807) is 0 Å². The van der Waals surface area contributed by atoms with Crippen LogP contribution in [-0.2, 0) is 19.7 Å². The van der Waals surface area contributed by atoms with Crippen LogP contribution in [0.1, 0.15) is 105 Å². The molecule has 0 aromatic carbocycles. The predicted molar refractivity (Wildman–Crippen MR) is 151 cm³/mol. The average molecular weight is 606 g/mol.